The molecule has 0 aliphatic rings. The summed E-state index contributed by atoms with van der Waals surface area (Å²) in [5, 5.41) is 0. The Morgan fingerprint density at radius 2 is 1.29 bits per heavy atom. The minimum Gasteiger partial charge on any atom is -0.493 e. The van der Waals surface area contributed by atoms with Crippen LogP contribution in [0.2, 0.25) is 0 Å². The predicted molar refractivity (Wildman–Crippen MR) is 89.5 cm³/mol. The van der Waals surface area contributed by atoms with E-state index < -0.39 is 5.92 Å². The van der Waals surface area contributed by atoms with E-state index in [1.54, 1.807) is 33.5 Å². The van der Waals surface area contributed by atoms with Gasteiger partial charge in [0.15, 0.2) is 11.5 Å². The van der Waals surface area contributed by atoms with Gasteiger partial charge >= 0.3 is 0 Å². The van der Waals surface area contributed by atoms with E-state index in [9.17, 15) is 8.78 Å². The molecule has 0 atom stereocenters. The summed E-state index contributed by atoms with van der Waals surface area (Å²) in [5.74, 6) is -1.05. The number of methoxy groups -OCH3 is 3. The number of alkyl halides is 2. The zero-order valence-electron chi connectivity index (χ0n) is 14.4. The SMILES string of the molecule is COc1cc(CCc2ccc(C(C)(F)F)cc2)cc(OC)c1OC. The first kappa shape index (κ1) is 18.0. The fourth-order valence-electron chi connectivity index (χ4n) is 2.53. The van der Waals surface area contributed by atoms with Gasteiger partial charge < -0.3 is 14.2 Å². The third-order valence-electron chi connectivity index (χ3n) is 3.89. The number of hydrogen-bond acceptors (Lipinski definition) is 3. The van der Waals surface area contributed by atoms with Gasteiger partial charge in [0.2, 0.25) is 5.75 Å². The minimum absolute atomic E-state index is 0.0269. The van der Waals surface area contributed by atoms with Crippen molar-refractivity contribution in [1.29, 1.82) is 0 Å². The van der Waals surface area contributed by atoms with Gasteiger partial charge in [0.1, 0.15) is 0 Å². The molecule has 130 valence electrons. The van der Waals surface area contributed by atoms with Gasteiger partial charge in [-0.1, -0.05) is 24.3 Å². The summed E-state index contributed by atoms with van der Waals surface area (Å²) in [7, 11) is 4.71. The maximum absolute atomic E-state index is 13.2. The average Bonchev–Trinajstić information content (AvgIpc) is 2.58. The Kier molecular flexibility index (Phi) is 5.65. The summed E-state index contributed by atoms with van der Waals surface area (Å²) in [5.41, 5.74) is 2.05. The van der Waals surface area contributed by atoms with E-state index in [2.05, 4.69) is 0 Å². The molecule has 2 aromatic rings. The molecule has 0 fully saturated rings. The molecule has 0 unspecified atom stereocenters. The van der Waals surface area contributed by atoms with Crippen LogP contribution >= 0.6 is 0 Å². The van der Waals surface area contributed by atoms with Crippen molar-refractivity contribution in [2.24, 2.45) is 0 Å². The number of halogens is 2. The van der Waals surface area contributed by atoms with Gasteiger partial charge in [-0.3, -0.25) is 0 Å². The summed E-state index contributed by atoms with van der Waals surface area (Å²) in [4.78, 5) is 0. The smallest absolute Gasteiger partial charge is 0.270 e. The van der Waals surface area contributed by atoms with E-state index >= 15 is 0 Å². The van der Waals surface area contributed by atoms with E-state index in [1.807, 2.05) is 12.1 Å². The van der Waals surface area contributed by atoms with Crippen LogP contribution < -0.4 is 14.2 Å². The second-order valence-electron chi connectivity index (χ2n) is 5.62. The zero-order chi connectivity index (χ0) is 17.7. The molecular formula is C19H22F2O3. The highest BCUT2D eigenvalue weighted by atomic mass is 19.3. The Morgan fingerprint density at radius 1 is 0.792 bits per heavy atom. The van der Waals surface area contributed by atoms with Crippen molar-refractivity contribution in [3.05, 3.63) is 53.1 Å². The lowest BCUT2D eigenvalue weighted by Crippen LogP contribution is -2.06. The van der Waals surface area contributed by atoms with Crippen LogP contribution in [0.3, 0.4) is 0 Å². The molecule has 0 aliphatic carbocycles. The largest absolute Gasteiger partial charge is 0.493 e. The number of benzene rings is 2. The van der Waals surface area contributed by atoms with Crippen LogP contribution in [0.4, 0.5) is 8.78 Å². The van der Waals surface area contributed by atoms with Gasteiger partial charge in [-0.05, 0) is 36.1 Å². The fourth-order valence-corrected chi connectivity index (χ4v) is 2.53. The van der Waals surface area contributed by atoms with Crippen LogP contribution in [-0.4, -0.2) is 21.3 Å². The zero-order valence-corrected chi connectivity index (χ0v) is 14.4. The van der Waals surface area contributed by atoms with Gasteiger partial charge in [-0.25, -0.2) is 8.78 Å². The second kappa shape index (κ2) is 7.51. The third-order valence-corrected chi connectivity index (χ3v) is 3.89. The van der Waals surface area contributed by atoms with Gasteiger partial charge in [-0.15, -0.1) is 0 Å². The number of rotatable bonds is 7. The Balaban J connectivity index is 2.14. The monoisotopic (exact) mass is 336 g/mol. The van der Waals surface area contributed by atoms with E-state index in [-0.39, 0.29) is 5.56 Å². The highest BCUT2D eigenvalue weighted by molar-refractivity contribution is 5.54. The Hall–Kier alpha value is -2.30. The van der Waals surface area contributed by atoms with E-state index in [4.69, 9.17) is 14.2 Å². The average molecular weight is 336 g/mol. The molecule has 0 saturated heterocycles. The normalized spacial score (nSPS) is 11.2. The van der Waals surface area contributed by atoms with Crippen molar-refractivity contribution in [2.45, 2.75) is 25.7 Å². The summed E-state index contributed by atoms with van der Waals surface area (Å²) < 4.78 is 42.4. The van der Waals surface area contributed by atoms with E-state index in [0.29, 0.717) is 17.2 Å². The number of hydrogen-bond donors (Lipinski definition) is 0. The molecular weight excluding hydrogens is 314 g/mol. The minimum atomic E-state index is -2.81. The number of aryl methyl sites for hydroxylation is 2. The molecule has 0 spiro atoms. The van der Waals surface area contributed by atoms with Crippen molar-refractivity contribution < 1.29 is 23.0 Å². The van der Waals surface area contributed by atoms with Crippen LogP contribution in [0, 0.1) is 0 Å². The quantitative estimate of drug-likeness (QED) is 0.739. The fraction of sp³-hybridized carbons (Fsp3) is 0.368. The van der Waals surface area contributed by atoms with Crippen molar-refractivity contribution in [1.82, 2.24) is 0 Å². The maximum atomic E-state index is 13.2. The second-order valence-corrected chi connectivity index (χ2v) is 5.62. The van der Waals surface area contributed by atoms with Crippen molar-refractivity contribution in [3.8, 4) is 17.2 Å². The molecule has 2 aromatic carbocycles. The van der Waals surface area contributed by atoms with E-state index in [1.165, 1.54) is 12.1 Å². The van der Waals surface area contributed by atoms with Crippen LogP contribution in [0.5, 0.6) is 17.2 Å². The van der Waals surface area contributed by atoms with Crippen LogP contribution in [0.25, 0.3) is 0 Å². The first-order valence-electron chi connectivity index (χ1n) is 7.65. The highest BCUT2D eigenvalue weighted by Gasteiger charge is 2.23. The molecule has 3 nitrogen and oxygen atoms in total. The number of ether oxygens (including phenoxy) is 3. The first-order chi connectivity index (χ1) is 11.4. The lowest BCUT2D eigenvalue weighted by atomic mass is 10.0. The van der Waals surface area contributed by atoms with Gasteiger partial charge in [0.25, 0.3) is 5.92 Å². The highest BCUT2D eigenvalue weighted by Crippen LogP contribution is 2.38. The van der Waals surface area contributed by atoms with Crippen LogP contribution in [-0.2, 0) is 18.8 Å². The van der Waals surface area contributed by atoms with E-state index in [0.717, 1.165) is 30.9 Å². The molecule has 0 radical (unpaired) electrons. The molecule has 24 heavy (non-hydrogen) atoms. The van der Waals surface area contributed by atoms with Crippen LogP contribution in [0.15, 0.2) is 36.4 Å². The molecule has 5 heteroatoms. The Labute approximate surface area is 141 Å². The van der Waals surface area contributed by atoms with Gasteiger partial charge in [0, 0.05) is 12.5 Å². The Morgan fingerprint density at radius 3 is 1.71 bits per heavy atom. The molecule has 2 rings (SSSR count). The standard InChI is InChI=1S/C19H22F2O3/c1-19(20,21)15-9-7-13(8-10-15)5-6-14-11-16(22-2)18(24-4)17(12-14)23-3/h7-12H,5-6H2,1-4H3. The molecule has 0 heterocycles. The molecule has 0 aromatic heterocycles. The summed E-state index contributed by atoms with van der Waals surface area (Å²) in [6.07, 6.45) is 1.47. The van der Waals surface area contributed by atoms with Crippen molar-refractivity contribution in [2.75, 3.05) is 21.3 Å². The molecule has 0 aliphatic heterocycles. The summed E-state index contributed by atoms with van der Waals surface area (Å²) in [6, 6.07) is 10.2. The lowest BCUT2D eigenvalue weighted by Gasteiger charge is -2.14. The maximum Gasteiger partial charge on any atom is 0.270 e. The third kappa shape index (κ3) is 4.16. The first-order valence-corrected chi connectivity index (χ1v) is 7.65. The van der Waals surface area contributed by atoms with Gasteiger partial charge in [0.05, 0.1) is 21.3 Å². The summed E-state index contributed by atoms with van der Waals surface area (Å²) >= 11 is 0. The molecule has 0 N–H and O–H groups in total. The predicted octanol–water partition coefficient (Wildman–Crippen LogP) is 4.61. The molecule has 0 bridgehead atoms. The summed E-state index contributed by atoms with van der Waals surface area (Å²) in [6.45, 7) is 0.901. The molecule has 0 saturated carbocycles. The Bertz CT molecular complexity index is 651. The van der Waals surface area contributed by atoms with Gasteiger partial charge in [-0.2, -0.15) is 0 Å². The molecule has 0 amide bonds. The topological polar surface area (TPSA) is 27.7 Å². The van der Waals surface area contributed by atoms with Crippen molar-refractivity contribution >= 4 is 0 Å². The van der Waals surface area contributed by atoms with Crippen LogP contribution in [0.1, 0.15) is 23.6 Å². The van der Waals surface area contributed by atoms with Crippen molar-refractivity contribution in [3.63, 3.8) is 0 Å². The lowest BCUT2D eigenvalue weighted by molar-refractivity contribution is 0.0174.